The molecule has 9 heteroatoms. The first-order valence-electron chi connectivity index (χ1n) is 6.87. The molecule has 3 heterocycles. The highest BCUT2D eigenvalue weighted by Crippen LogP contribution is 2.42. The molecule has 0 aromatic heterocycles. The highest BCUT2D eigenvalue weighted by atomic mass is 32.2. The zero-order valence-electron chi connectivity index (χ0n) is 11.3. The van der Waals surface area contributed by atoms with Crippen LogP contribution in [0.4, 0.5) is 13.2 Å². The number of aliphatic imine (C=N–C) groups is 1. The number of ether oxygens (including phenoxy) is 1. The van der Waals surface area contributed by atoms with Crippen molar-refractivity contribution in [3.05, 3.63) is 0 Å². The molecule has 0 saturated carbocycles. The molecular formula is C12H17F3N2O3S. The molecule has 3 aliphatic rings. The molecule has 5 nitrogen and oxygen atoms in total. The van der Waals surface area contributed by atoms with Crippen LogP contribution >= 0.6 is 11.8 Å². The molecule has 0 aromatic rings. The van der Waals surface area contributed by atoms with Gasteiger partial charge in [-0.05, 0) is 6.42 Å². The standard InChI is InChI=1S/C12H17F3N2O3S/c1-5(12(13,14)15)9-8(19)7(18)6-10(20-9)21-11(16-6)17-3-2-4-17/h5-10,18-19H,2-4H2,1H3/t5?,6-,7-,8+,9-,10-/m1/s1. The van der Waals surface area contributed by atoms with Gasteiger partial charge in [0.25, 0.3) is 0 Å². The maximum Gasteiger partial charge on any atom is 0.394 e. The first-order valence-corrected chi connectivity index (χ1v) is 7.74. The normalized spacial score (nSPS) is 41.3. The maximum absolute atomic E-state index is 12.8. The lowest BCUT2D eigenvalue weighted by Gasteiger charge is -2.41. The summed E-state index contributed by atoms with van der Waals surface area (Å²) in [6, 6.07) is -0.711. The van der Waals surface area contributed by atoms with E-state index in [1.807, 2.05) is 4.90 Å². The number of hydrogen-bond acceptors (Lipinski definition) is 6. The summed E-state index contributed by atoms with van der Waals surface area (Å²) in [7, 11) is 0. The van der Waals surface area contributed by atoms with Crippen molar-refractivity contribution in [2.45, 2.75) is 49.3 Å². The summed E-state index contributed by atoms with van der Waals surface area (Å²) >= 11 is 1.23. The van der Waals surface area contributed by atoms with Crippen molar-refractivity contribution in [3.63, 3.8) is 0 Å². The van der Waals surface area contributed by atoms with Gasteiger partial charge in [0.1, 0.15) is 23.7 Å². The molecule has 21 heavy (non-hydrogen) atoms. The SMILES string of the molecule is CC([C@H]1O[C@@H]2SC(N3CCC3)=N[C@@H]2[C@@H](O)[C@@H]1O)C(F)(F)F. The smallest absolute Gasteiger partial charge is 0.388 e. The zero-order valence-corrected chi connectivity index (χ0v) is 12.1. The minimum atomic E-state index is -4.48. The van der Waals surface area contributed by atoms with Crippen molar-refractivity contribution in [1.29, 1.82) is 0 Å². The van der Waals surface area contributed by atoms with Gasteiger partial charge < -0.3 is 19.8 Å². The second-order valence-corrected chi connectivity index (χ2v) is 6.71. The molecule has 0 amide bonds. The molecule has 3 aliphatic heterocycles. The van der Waals surface area contributed by atoms with Gasteiger partial charge in [0.15, 0.2) is 5.17 Å². The van der Waals surface area contributed by atoms with Crippen LogP contribution in [0.3, 0.4) is 0 Å². The van der Waals surface area contributed by atoms with E-state index in [2.05, 4.69) is 4.99 Å². The lowest BCUT2D eigenvalue weighted by Crippen LogP contribution is -2.58. The summed E-state index contributed by atoms with van der Waals surface area (Å²) in [5.41, 5.74) is -0.672. The third-order valence-corrected chi connectivity index (χ3v) is 5.42. The van der Waals surface area contributed by atoms with E-state index >= 15 is 0 Å². The van der Waals surface area contributed by atoms with Crippen LogP contribution < -0.4 is 0 Å². The van der Waals surface area contributed by atoms with E-state index in [1.54, 1.807) is 0 Å². The third kappa shape index (κ3) is 2.64. The van der Waals surface area contributed by atoms with Crippen LogP contribution in [0, 0.1) is 5.92 Å². The minimum Gasteiger partial charge on any atom is -0.388 e. The van der Waals surface area contributed by atoms with E-state index in [0.717, 1.165) is 26.4 Å². The Kier molecular flexibility index (Phi) is 3.88. The molecule has 1 unspecified atom stereocenters. The van der Waals surface area contributed by atoms with E-state index in [9.17, 15) is 23.4 Å². The Morgan fingerprint density at radius 3 is 2.52 bits per heavy atom. The number of aliphatic hydroxyl groups excluding tert-OH is 2. The minimum absolute atomic E-state index is 0.672. The Morgan fingerprint density at radius 1 is 1.33 bits per heavy atom. The summed E-state index contributed by atoms with van der Waals surface area (Å²) < 4.78 is 43.9. The Hall–Kier alpha value is -0.510. The van der Waals surface area contributed by atoms with Gasteiger partial charge in [0, 0.05) is 13.1 Å². The van der Waals surface area contributed by atoms with Crippen LogP contribution in [0.25, 0.3) is 0 Å². The molecular weight excluding hydrogens is 309 g/mol. The average molecular weight is 326 g/mol. The molecule has 3 rings (SSSR count). The maximum atomic E-state index is 12.8. The number of likely N-dealkylation sites (tertiary alicyclic amines) is 1. The van der Waals surface area contributed by atoms with Crippen molar-refractivity contribution in [2.24, 2.45) is 10.9 Å². The van der Waals surface area contributed by atoms with E-state index in [4.69, 9.17) is 4.74 Å². The molecule has 2 saturated heterocycles. The zero-order chi connectivity index (χ0) is 15.4. The molecule has 0 spiro atoms. The van der Waals surface area contributed by atoms with Crippen LogP contribution in [0.2, 0.25) is 0 Å². The van der Waals surface area contributed by atoms with Gasteiger partial charge in [-0.2, -0.15) is 13.2 Å². The predicted octanol–water partition coefficient (Wildman–Crippen LogP) is 0.809. The van der Waals surface area contributed by atoms with E-state index in [-0.39, 0.29) is 0 Å². The Balaban J connectivity index is 1.74. The molecule has 2 fully saturated rings. The van der Waals surface area contributed by atoms with Crippen molar-refractivity contribution >= 4 is 16.9 Å². The highest BCUT2D eigenvalue weighted by molar-refractivity contribution is 8.14. The van der Waals surface area contributed by atoms with Crippen molar-refractivity contribution in [1.82, 2.24) is 4.90 Å². The Bertz CT molecular complexity index is 444. The van der Waals surface area contributed by atoms with E-state index in [0.29, 0.717) is 5.17 Å². The molecule has 0 aliphatic carbocycles. The van der Waals surface area contributed by atoms with Crippen LogP contribution in [-0.4, -0.2) is 69.3 Å². The van der Waals surface area contributed by atoms with Crippen LogP contribution in [-0.2, 0) is 4.74 Å². The number of rotatable bonds is 1. The second kappa shape index (κ2) is 5.29. The van der Waals surface area contributed by atoms with Crippen molar-refractivity contribution in [3.8, 4) is 0 Å². The lowest BCUT2D eigenvalue weighted by atomic mass is 9.90. The quantitative estimate of drug-likeness (QED) is 0.746. The molecule has 6 atom stereocenters. The van der Waals surface area contributed by atoms with E-state index < -0.39 is 41.9 Å². The van der Waals surface area contributed by atoms with Gasteiger partial charge >= 0.3 is 6.18 Å². The van der Waals surface area contributed by atoms with Crippen molar-refractivity contribution in [2.75, 3.05) is 13.1 Å². The number of halogens is 3. The monoisotopic (exact) mass is 326 g/mol. The number of nitrogens with zero attached hydrogens (tertiary/aromatic N) is 2. The molecule has 0 aromatic carbocycles. The highest BCUT2D eigenvalue weighted by Gasteiger charge is 2.55. The van der Waals surface area contributed by atoms with Gasteiger partial charge in [-0.25, -0.2) is 0 Å². The van der Waals surface area contributed by atoms with Crippen LogP contribution in [0.1, 0.15) is 13.3 Å². The first-order chi connectivity index (χ1) is 9.79. The summed E-state index contributed by atoms with van der Waals surface area (Å²) in [5.74, 6) is -1.85. The van der Waals surface area contributed by atoms with E-state index in [1.165, 1.54) is 11.8 Å². The van der Waals surface area contributed by atoms with Crippen molar-refractivity contribution < 1.29 is 28.1 Å². The molecule has 0 bridgehead atoms. The number of alkyl halides is 3. The third-order valence-electron chi connectivity index (χ3n) is 4.22. The van der Waals surface area contributed by atoms with Crippen LogP contribution in [0.5, 0.6) is 0 Å². The van der Waals surface area contributed by atoms with Gasteiger partial charge in [-0.15, -0.1) is 0 Å². The first kappa shape index (κ1) is 15.4. The van der Waals surface area contributed by atoms with Crippen LogP contribution in [0.15, 0.2) is 4.99 Å². The number of thioether (sulfide) groups is 1. The topological polar surface area (TPSA) is 65.3 Å². The number of aliphatic hydroxyl groups is 2. The number of fused-ring (bicyclic) bond motifs is 1. The number of hydrogen-bond donors (Lipinski definition) is 2. The Labute approximate surface area is 124 Å². The summed E-state index contributed by atoms with van der Waals surface area (Å²) in [4.78, 5) is 6.30. The summed E-state index contributed by atoms with van der Waals surface area (Å²) in [6.07, 6.45) is -7.84. The fourth-order valence-electron chi connectivity index (χ4n) is 2.63. The predicted molar refractivity (Wildman–Crippen MR) is 70.9 cm³/mol. The number of amidine groups is 1. The molecule has 120 valence electrons. The fourth-order valence-corrected chi connectivity index (χ4v) is 3.90. The second-order valence-electron chi connectivity index (χ2n) is 5.64. The fraction of sp³-hybridized carbons (Fsp3) is 0.917. The Morgan fingerprint density at radius 2 is 2.00 bits per heavy atom. The lowest BCUT2D eigenvalue weighted by molar-refractivity contribution is -0.244. The molecule has 2 N–H and O–H groups in total. The van der Waals surface area contributed by atoms with Gasteiger partial charge in [0.05, 0.1) is 12.0 Å². The van der Waals surface area contributed by atoms with Gasteiger partial charge in [-0.1, -0.05) is 18.7 Å². The summed E-state index contributed by atoms with van der Waals surface area (Å²) in [5, 5.41) is 20.7. The van der Waals surface area contributed by atoms with Gasteiger partial charge in [0.2, 0.25) is 0 Å². The largest absolute Gasteiger partial charge is 0.394 e. The van der Waals surface area contributed by atoms with Gasteiger partial charge in [-0.3, -0.25) is 4.99 Å². The average Bonchev–Trinajstić information content (AvgIpc) is 2.73. The summed E-state index contributed by atoms with van der Waals surface area (Å²) in [6.45, 7) is 2.66. The molecule has 0 radical (unpaired) electrons.